The molecule has 1 aromatic heterocycles. The first kappa shape index (κ1) is 18.0. The van der Waals surface area contributed by atoms with Crippen molar-refractivity contribution in [1.29, 1.82) is 0 Å². The van der Waals surface area contributed by atoms with Crippen molar-refractivity contribution in [3.05, 3.63) is 83.4 Å². The van der Waals surface area contributed by atoms with Crippen LogP contribution in [0.15, 0.2) is 61.2 Å². The van der Waals surface area contributed by atoms with E-state index in [1.165, 1.54) is 0 Å². The minimum atomic E-state index is -0.573. The zero-order chi connectivity index (χ0) is 19.5. The second-order valence-corrected chi connectivity index (χ2v) is 6.88. The molecule has 4 rings (SSSR count). The van der Waals surface area contributed by atoms with E-state index in [0.29, 0.717) is 48.2 Å². The number of nitrogens with two attached hydrogens (primary N) is 1. The lowest BCUT2D eigenvalue weighted by atomic mass is 9.86. The van der Waals surface area contributed by atoms with E-state index in [4.69, 9.17) is 10.5 Å². The number of Topliss-reactive ketones (excluding diaryl/α,β-unsaturated/α-hetero) is 1. The summed E-state index contributed by atoms with van der Waals surface area (Å²) in [6.45, 7) is 0.526. The molecule has 6 heteroatoms. The molecule has 0 bridgehead atoms. The maximum atomic E-state index is 12.3. The van der Waals surface area contributed by atoms with Crippen molar-refractivity contribution in [2.24, 2.45) is 5.73 Å². The van der Waals surface area contributed by atoms with Gasteiger partial charge in [0.2, 0.25) is 0 Å². The van der Waals surface area contributed by atoms with Crippen molar-refractivity contribution in [3.8, 4) is 5.75 Å². The first-order valence-corrected chi connectivity index (χ1v) is 9.29. The van der Waals surface area contributed by atoms with Crippen LogP contribution in [-0.4, -0.2) is 21.2 Å². The highest BCUT2D eigenvalue weighted by molar-refractivity contribution is 6.05. The molecule has 6 nitrogen and oxygen atoms in total. The Morgan fingerprint density at radius 1 is 1.18 bits per heavy atom. The zero-order valence-electron chi connectivity index (χ0n) is 15.4. The van der Waals surface area contributed by atoms with Crippen LogP contribution in [0.25, 0.3) is 0 Å². The van der Waals surface area contributed by atoms with Crippen LogP contribution < -0.4 is 10.5 Å². The van der Waals surface area contributed by atoms with E-state index >= 15 is 0 Å². The topological polar surface area (TPSA) is 87.2 Å². The summed E-state index contributed by atoms with van der Waals surface area (Å²) in [6, 6.07) is 13.2. The van der Waals surface area contributed by atoms with Gasteiger partial charge in [0.15, 0.2) is 5.78 Å². The van der Waals surface area contributed by atoms with Crippen molar-refractivity contribution in [3.63, 3.8) is 0 Å². The van der Waals surface area contributed by atoms with Gasteiger partial charge < -0.3 is 15.0 Å². The predicted molar refractivity (Wildman–Crippen MR) is 104 cm³/mol. The number of ketones is 1. The van der Waals surface area contributed by atoms with Crippen LogP contribution in [0, 0.1) is 0 Å². The SMILES string of the molecule is NC(=O)c1c(O[C@H](Cn2ccnc2)c2ccccc2)ccc2c1CCCC2=O. The van der Waals surface area contributed by atoms with Gasteiger partial charge in [-0.25, -0.2) is 4.98 Å². The molecule has 2 N–H and O–H groups in total. The Bertz CT molecular complexity index is 997. The number of hydrogen-bond acceptors (Lipinski definition) is 4. The molecule has 0 saturated heterocycles. The van der Waals surface area contributed by atoms with Gasteiger partial charge >= 0.3 is 0 Å². The number of imidazole rings is 1. The molecule has 1 amide bonds. The Hall–Kier alpha value is -3.41. The number of primary amides is 1. The van der Waals surface area contributed by atoms with Gasteiger partial charge in [-0.1, -0.05) is 30.3 Å². The molecule has 0 radical (unpaired) electrons. The number of ether oxygens (including phenoxy) is 1. The van der Waals surface area contributed by atoms with Gasteiger partial charge in [-0.15, -0.1) is 0 Å². The summed E-state index contributed by atoms with van der Waals surface area (Å²) < 4.78 is 8.23. The summed E-state index contributed by atoms with van der Waals surface area (Å²) in [5, 5.41) is 0. The molecule has 1 atom stereocenters. The summed E-state index contributed by atoms with van der Waals surface area (Å²) in [6.07, 6.45) is 6.81. The first-order chi connectivity index (χ1) is 13.6. The number of nitrogens with zero attached hydrogens (tertiary/aromatic N) is 2. The second kappa shape index (κ2) is 7.68. The lowest BCUT2D eigenvalue weighted by molar-refractivity contribution is 0.0971. The van der Waals surface area contributed by atoms with E-state index in [-0.39, 0.29) is 11.9 Å². The van der Waals surface area contributed by atoms with Gasteiger partial charge in [-0.3, -0.25) is 9.59 Å². The normalized spacial score (nSPS) is 14.4. The highest BCUT2D eigenvalue weighted by Gasteiger charge is 2.26. The number of carbonyl (C=O) groups is 2. The molecule has 1 aliphatic carbocycles. The summed E-state index contributed by atoms with van der Waals surface area (Å²) in [5.41, 5.74) is 8.26. The van der Waals surface area contributed by atoms with Gasteiger partial charge in [0.05, 0.1) is 18.4 Å². The molecule has 1 heterocycles. The van der Waals surface area contributed by atoms with Gasteiger partial charge in [-0.05, 0) is 36.1 Å². The van der Waals surface area contributed by atoms with Crippen LogP contribution in [0.3, 0.4) is 0 Å². The van der Waals surface area contributed by atoms with Crippen molar-refractivity contribution in [2.75, 3.05) is 0 Å². The van der Waals surface area contributed by atoms with Crippen molar-refractivity contribution in [2.45, 2.75) is 31.9 Å². The Kier molecular flexibility index (Phi) is 4.93. The largest absolute Gasteiger partial charge is 0.483 e. The van der Waals surface area contributed by atoms with Crippen LogP contribution in [0.2, 0.25) is 0 Å². The lowest BCUT2D eigenvalue weighted by Crippen LogP contribution is -2.23. The maximum absolute atomic E-state index is 12.3. The van der Waals surface area contributed by atoms with E-state index in [2.05, 4.69) is 4.98 Å². The van der Waals surface area contributed by atoms with E-state index in [9.17, 15) is 9.59 Å². The molecule has 28 heavy (non-hydrogen) atoms. The number of aromatic nitrogens is 2. The first-order valence-electron chi connectivity index (χ1n) is 9.29. The fourth-order valence-corrected chi connectivity index (χ4v) is 3.69. The molecule has 0 spiro atoms. The summed E-state index contributed by atoms with van der Waals surface area (Å²) in [7, 11) is 0. The minimum absolute atomic E-state index is 0.0494. The number of fused-ring (bicyclic) bond motifs is 1. The number of carbonyl (C=O) groups excluding carboxylic acids is 2. The van der Waals surface area contributed by atoms with E-state index in [0.717, 1.165) is 5.56 Å². The van der Waals surface area contributed by atoms with Gasteiger partial charge in [-0.2, -0.15) is 0 Å². The third-order valence-corrected chi connectivity index (χ3v) is 5.03. The number of benzene rings is 2. The predicted octanol–water partition coefficient (Wildman–Crippen LogP) is 3.32. The van der Waals surface area contributed by atoms with Gasteiger partial charge in [0.1, 0.15) is 11.9 Å². The highest BCUT2D eigenvalue weighted by Crippen LogP contribution is 2.34. The summed E-state index contributed by atoms with van der Waals surface area (Å²) in [5.74, 6) is -0.112. The molecule has 0 aliphatic heterocycles. The third kappa shape index (κ3) is 3.53. The number of rotatable bonds is 6. The lowest BCUT2D eigenvalue weighted by Gasteiger charge is -2.24. The molecule has 142 valence electrons. The monoisotopic (exact) mass is 375 g/mol. The Morgan fingerprint density at radius 3 is 2.71 bits per heavy atom. The van der Waals surface area contributed by atoms with Gasteiger partial charge in [0, 0.05) is 24.4 Å². The molecule has 0 saturated carbocycles. The van der Waals surface area contributed by atoms with Crippen LogP contribution in [0.4, 0.5) is 0 Å². The van der Waals surface area contributed by atoms with Crippen molar-refractivity contribution >= 4 is 11.7 Å². The van der Waals surface area contributed by atoms with Crippen LogP contribution in [-0.2, 0) is 13.0 Å². The van der Waals surface area contributed by atoms with Crippen LogP contribution in [0.1, 0.15) is 50.8 Å². The average Bonchev–Trinajstić information content (AvgIpc) is 3.21. The van der Waals surface area contributed by atoms with Gasteiger partial charge in [0.25, 0.3) is 5.91 Å². The Balaban J connectivity index is 1.74. The quantitative estimate of drug-likeness (QED) is 0.716. The van der Waals surface area contributed by atoms with E-state index in [1.807, 2.05) is 41.1 Å². The molecule has 0 fully saturated rings. The Morgan fingerprint density at radius 2 is 2.00 bits per heavy atom. The molecular formula is C22H21N3O3. The number of hydrogen-bond donors (Lipinski definition) is 1. The number of amides is 1. The zero-order valence-corrected chi connectivity index (χ0v) is 15.4. The highest BCUT2D eigenvalue weighted by atomic mass is 16.5. The Labute approximate surface area is 163 Å². The fraction of sp³-hybridized carbons (Fsp3) is 0.227. The molecule has 3 aromatic rings. The third-order valence-electron chi connectivity index (χ3n) is 5.03. The average molecular weight is 375 g/mol. The fourth-order valence-electron chi connectivity index (χ4n) is 3.69. The molecule has 1 aliphatic rings. The minimum Gasteiger partial charge on any atom is -0.483 e. The van der Waals surface area contributed by atoms with Crippen molar-refractivity contribution < 1.29 is 14.3 Å². The summed E-state index contributed by atoms with van der Waals surface area (Å²) in [4.78, 5) is 28.6. The van der Waals surface area contributed by atoms with E-state index < -0.39 is 5.91 Å². The molecule has 2 aromatic carbocycles. The maximum Gasteiger partial charge on any atom is 0.252 e. The molecule has 0 unspecified atom stereocenters. The summed E-state index contributed by atoms with van der Waals surface area (Å²) >= 11 is 0. The van der Waals surface area contributed by atoms with Crippen LogP contribution >= 0.6 is 0 Å². The standard InChI is InChI=1S/C22H21N3O3/c23-22(27)21-17-7-4-8-18(26)16(17)9-10-19(21)28-20(13-25-12-11-24-14-25)15-5-2-1-3-6-15/h1-3,5-6,9-12,14,20H,4,7-8,13H2,(H2,23,27)/t20-/m1/s1. The van der Waals surface area contributed by atoms with Crippen LogP contribution in [0.5, 0.6) is 5.75 Å². The van der Waals surface area contributed by atoms with Crippen molar-refractivity contribution in [1.82, 2.24) is 9.55 Å². The smallest absolute Gasteiger partial charge is 0.252 e. The second-order valence-electron chi connectivity index (χ2n) is 6.88. The van der Waals surface area contributed by atoms with E-state index in [1.54, 1.807) is 24.7 Å². The molecular weight excluding hydrogens is 354 g/mol.